The summed E-state index contributed by atoms with van der Waals surface area (Å²) in [5.74, 6) is 0.786. The Morgan fingerprint density at radius 2 is 2.05 bits per heavy atom. The monoisotopic (exact) mass is 279 g/mol. The molecule has 1 atom stereocenters. The van der Waals surface area contributed by atoms with Crippen LogP contribution in [-0.2, 0) is 4.79 Å². The molecule has 5 heteroatoms. The SMILES string of the molecule is CCN(CCC(=O)O)C(C)c1ccc2c(c1)OCCO2. The molecule has 1 aromatic carbocycles. The van der Waals surface area contributed by atoms with Gasteiger partial charge in [-0.1, -0.05) is 13.0 Å². The number of carboxylic acid groups (broad SMARTS) is 1. The van der Waals surface area contributed by atoms with Crippen molar-refractivity contribution in [3.05, 3.63) is 23.8 Å². The summed E-state index contributed by atoms with van der Waals surface area (Å²) in [4.78, 5) is 12.8. The Labute approximate surface area is 119 Å². The highest BCUT2D eigenvalue weighted by Crippen LogP contribution is 2.33. The van der Waals surface area contributed by atoms with Gasteiger partial charge in [0.1, 0.15) is 13.2 Å². The first-order valence-corrected chi connectivity index (χ1v) is 6.97. The van der Waals surface area contributed by atoms with E-state index in [1.54, 1.807) is 0 Å². The second-order valence-corrected chi connectivity index (χ2v) is 4.85. The molecule has 1 unspecified atom stereocenters. The maximum Gasteiger partial charge on any atom is 0.304 e. The number of carbonyl (C=O) groups is 1. The molecule has 0 amide bonds. The van der Waals surface area contributed by atoms with E-state index in [9.17, 15) is 4.79 Å². The minimum atomic E-state index is -0.766. The van der Waals surface area contributed by atoms with Gasteiger partial charge in [-0.25, -0.2) is 0 Å². The Morgan fingerprint density at radius 3 is 2.70 bits per heavy atom. The summed E-state index contributed by atoms with van der Waals surface area (Å²) in [6.07, 6.45) is 0.155. The van der Waals surface area contributed by atoms with Gasteiger partial charge in [-0.05, 0) is 31.2 Å². The molecule has 0 aromatic heterocycles. The number of aliphatic carboxylic acids is 1. The van der Waals surface area contributed by atoms with Gasteiger partial charge in [-0.15, -0.1) is 0 Å². The first kappa shape index (κ1) is 14.7. The Balaban J connectivity index is 2.10. The average Bonchev–Trinajstić information content (AvgIpc) is 2.47. The molecule has 5 nitrogen and oxygen atoms in total. The summed E-state index contributed by atoms with van der Waals surface area (Å²) in [7, 11) is 0. The highest BCUT2D eigenvalue weighted by Gasteiger charge is 2.18. The number of rotatable bonds is 6. The van der Waals surface area contributed by atoms with Crippen LogP contribution in [0, 0.1) is 0 Å². The second kappa shape index (κ2) is 6.61. The number of benzene rings is 1. The van der Waals surface area contributed by atoms with Gasteiger partial charge in [-0.2, -0.15) is 0 Å². The van der Waals surface area contributed by atoms with Gasteiger partial charge in [0.15, 0.2) is 11.5 Å². The molecule has 0 saturated carbocycles. The number of carboxylic acids is 1. The third kappa shape index (κ3) is 3.42. The quantitative estimate of drug-likeness (QED) is 0.866. The molecule has 0 aliphatic carbocycles. The highest BCUT2D eigenvalue weighted by atomic mass is 16.6. The van der Waals surface area contributed by atoms with E-state index in [1.165, 1.54) is 0 Å². The highest BCUT2D eigenvalue weighted by molar-refractivity contribution is 5.66. The lowest BCUT2D eigenvalue weighted by Crippen LogP contribution is -2.29. The maximum atomic E-state index is 10.7. The number of nitrogens with zero attached hydrogens (tertiary/aromatic N) is 1. The number of fused-ring (bicyclic) bond motifs is 1. The summed E-state index contributed by atoms with van der Waals surface area (Å²) in [6, 6.07) is 6.07. The van der Waals surface area contributed by atoms with Gasteiger partial charge in [-0.3, -0.25) is 9.69 Å². The van der Waals surface area contributed by atoms with Crippen molar-refractivity contribution in [3.8, 4) is 11.5 Å². The Kier molecular flexibility index (Phi) is 4.84. The van der Waals surface area contributed by atoms with Gasteiger partial charge in [0, 0.05) is 12.6 Å². The third-order valence-corrected chi connectivity index (χ3v) is 3.62. The largest absolute Gasteiger partial charge is 0.486 e. The smallest absolute Gasteiger partial charge is 0.304 e. The number of hydrogen-bond donors (Lipinski definition) is 1. The van der Waals surface area contributed by atoms with E-state index in [1.807, 2.05) is 25.1 Å². The van der Waals surface area contributed by atoms with E-state index in [0.717, 1.165) is 23.6 Å². The molecule has 1 aromatic rings. The van der Waals surface area contributed by atoms with E-state index in [-0.39, 0.29) is 12.5 Å². The van der Waals surface area contributed by atoms with Crippen LogP contribution in [0.25, 0.3) is 0 Å². The van der Waals surface area contributed by atoms with Gasteiger partial charge in [0.2, 0.25) is 0 Å². The lowest BCUT2D eigenvalue weighted by molar-refractivity contribution is -0.137. The van der Waals surface area contributed by atoms with Crippen molar-refractivity contribution >= 4 is 5.97 Å². The van der Waals surface area contributed by atoms with Crippen molar-refractivity contribution in [1.29, 1.82) is 0 Å². The van der Waals surface area contributed by atoms with E-state index in [0.29, 0.717) is 19.8 Å². The van der Waals surface area contributed by atoms with Crippen molar-refractivity contribution in [1.82, 2.24) is 4.90 Å². The summed E-state index contributed by atoms with van der Waals surface area (Å²) in [5, 5.41) is 8.81. The third-order valence-electron chi connectivity index (χ3n) is 3.62. The molecule has 2 rings (SSSR count). The lowest BCUT2D eigenvalue weighted by atomic mass is 10.1. The molecule has 0 radical (unpaired) electrons. The molecule has 1 aliphatic heterocycles. The Bertz CT molecular complexity index is 475. The van der Waals surface area contributed by atoms with Crippen LogP contribution in [0.3, 0.4) is 0 Å². The van der Waals surface area contributed by atoms with Crippen LogP contribution >= 0.6 is 0 Å². The van der Waals surface area contributed by atoms with Crippen LogP contribution in [0.5, 0.6) is 11.5 Å². The van der Waals surface area contributed by atoms with Crippen LogP contribution in [0.4, 0.5) is 0 Å². The molecule has 0 spiro atoms. The molecule has 0 bridgehead atoms. The van der Waals surface area contributed by atoms with Gasteiger partial charge in [0.05, 0.1) is 6.42 Å². The Hall–Kier alpha value is -1.75. The van der Waals surface area contributed by atoms with E-state index in [2.05, 4.69) is 11.8 Å². The molecular weight excluding hydrogens is 258 g/mol. The average molecular weight is 279 g/mol. The number of hydrogen-bond acceptors (Lipinski definition) is 4. The summed E-state index contributed by atoms with van der Waals surface area (Å²) >= 11 is 0. The fourth-order valence-corrected chi connectivity index (χ4v) is 2.40. The molecule has 1 aliphatic rings. The number of ether oxygens (including phenoxy) is 2. The van der Waals surface area contributed by atoms with Crippen molar-refractivity contribution in [3.63, 3.8) is 0 Å². The lowest BCUT2D eigenvalue weighted by Gasteiger charge is -2.28. The molecule has 1 heterocycles. The molecular formula is C15H21NO4. The first-order valence-electron chi connectivity index (χ1n) is 6.97. The summed E-state index contributed by atoms with van der Waals surface area (Å²) in [6.45, 7) is 6.63. The van der Waals surface area contributed by atoms with E-state index < -0.39 is 5.97 Å². The van der Waals surface area contributed by atoms with Crippen molar-refractivity contribution in [2.75, 3.05) is 26.3 Å². The maximum absolute atomic E-state index is 10.7. The predicted molar refractivity (Wildman–Crippen MR) is 75.3 cm³/mol. The molecule has 1 N–H and O–H groups in total. The van der Waals surface area contributed by atoms with Crippen molar-refractivity contribution in [2.24, 2.45) is 0 Å². The topological polar surface area (TPSA) is 59.0 Å². The molecule has 20 heavy (non-hydrogen) atoms. The van der Waals surface area contributed by atoms with Crippen molar-refractivity contribution in [2.45, 2.75) is 26.3 Å². The molecule has 110 valence electrons. The minimum absolute atomic E-state index is 0.148. The predicted octanol–water partition coefficient (Wildman–Crippen LogP) is 2.32. The molecule has 0 saturated heterocycles. The zero-order valence-corrected chi connectivity index (χ0v) is 12.0. The van der Waals surface area contributed by atoms with Crippen molar-refractivity contribution < 1.29 is 19.4 Å². The fourth-order valence-electron chi connectivity index (χ4n) is 2.40. The van der Waals surface area contributed by atoms with Crippen LogP contribution in [0.2, 0.25) is 0 Å². The minimum Gasteiger partial charge on any atom is -0.486 e. The zero-order chi connectivity index (χ0) is 14.5. The van der Waals surface area contributed by atoms with E-state index >= 15 is 0 Å². The summed E-state index contributed by atoms with van der Waals surface area (Å²) in [5.41, 5.74) is 1.11. The van der Waals surface area contributed by atoms with Crippen LogP contribution in [-0.4, -0.2) is 42.3 Å². The second-order valence-electron chi connectivity index (χ2n) is 4.85. The van der Waals surface area contributed by atoms with E-state index in [4.69, 9.17) is 14.6 Å². The summed E-state index contributed by atoms with van der Waals surface area (Å²) < 4.78 is 11.1. The Morgan fingerprint density at radius 1 is 1.35 bits per heavy atom. The normalized spacial score (nSPS) is 15.2. The van der Waals surface area contributed by atoms with Gasteiger partial charge in [0.25, 0.3) is 0 Å². The van der Waals surface area contributed by atoms with Gasteiger partial charge < -0.3 is 14.6 Å². The van der Waals surface area contributed by atoms with Crippen LogP contribution in [0.15, 0.2) is 18.2 Å². The van der Waals surface area contributed by atoms with Crippen LogP contribution in [0.1, 0.15) is 31.9 Å². The van der Waals surface area contributed by atoms with Crippen LogP contribution < -0.4 is 9.47 Å². The fraction of sp³-hybridized carbons (Fsp3) is 0.533. The first-order chi connectivity index (χ1) is 9.61. The molecule has 0 fully saturated rings. The standard InChI is InChI=1S/C15H21NO4/c1-3-16(7-6-15(17)18)11(2)12-4-5-13-14(10-12)20-9-8-19-13/h4-5,10-11H,3,6-9H2,1-2H3,(H,17,18). The zero-order valence-electron chi connectivity index (χ0n) is 12.0. The van der Waals surface area contributed by atoms with Gasteiger partial charge >= 0.3 is 5.97 Å².